The van der Waals surface area contributed by atoms with Gasteiger partial charge in [0.2, 0.25) is 0 Å². The van der Waals surface area contributed by atoms with Gasteiger partial charge in [0.1, 0.15) is 5.75 Å². The Morgan fingerprint density at radius 1 is 1.38 bits per heavy atom. The molecule has 2 aromatic carbocycles. The van der Waals surface area contributed by atoms with Crippen LogP contribution in [0, 0.1) is 17.0 Å². The van der Waals surface area contributed by atoms with Crippen molar-refractivity contribution in [3.05, 3.63) is 61.1 Å². The van der Waals surface area contributed by atoms with Gasteiger partial charge in [-0.1, -0.05) is 11.6 Å². The maximum Gasteiger partial charge on any atom is 0.271 e. The number of phenolic OH excluding ortho intramolecular Hbond substituents is 1. The van der Waals surface area contributed by atoms with E-state index in [2.05, 4.69) is 20.9 Å². The Balaban J connectivity index is 2.36. The van der Waals surface area contributed by atoms with Gasteiger partial charge in [0, 0.05) is 23.9 Å². The van der Waals surface area contributed by atoms with Gasteiger partial charge in [0.15, 0.2) is 0 Å². The summed E-state index contributed by atoms with van der Waals surface area (Å²) in [7, 11) is 0. The second-order valence-corrected chi connectivity index (χ2v) is 5.60. The number of nitrogens with zero attached hydrogens (tertiary/aromatic N) is 2. The molecule has 0 bridgehead atoms. The fraction of sp³-hybridized carbons (Fsp3) is 0.0714. The van der Waals surface area contributed by atoms with E-state index in [-0.39, 0.29) is 16.5 Å². The van der Waals surface area contributed by atoms with Gasteiger partial charge in [0.05, 0.1) is 20.1 Å². The number of nitro groups is 1. The molecule has 0 radical (unpaired) electrons. The predicted molar refractivity (Wildman–Crippen MR) is 85.9 cm³/mol. The normalized spacial score (nSPS) is 11.0. The van der Waals surface area contributed by atoms with Gasteiger partial charge in [-0.05, 0) is 46.6 Å². The Kier molecular flexibility index (Phi) is 4.59. The molecule has 2 rings (SSSR count). The van der Waals surface area contributed by atoms with Crippen molar-refractivity contribution in [1.82, 2.24) is 0 Å². The fourth-order valence-electron chi connectivity index (χ4n) is 1.71. The number of benzene rings is 2. The average Bonchev–Trinajstić information content (AvgIpc) is 2.42. The van der Waals surface area contributed by atoms with Crippen molar-refractivity contribution in [3.63, 3.8) is 0 Å². The van der Waals surface area contributed by atoms with Gasteiger partial charge in [-0.25, -0.2) is 0 Å². The first-order valence-electron chi connectivity index (χ1n) is 5.85. The Hall–Kier alpha value is -1.92. The molecule has 0 aliphatic rings. The number of aliphatic imine (C=N–C) groups is 1. The van der Waals surface area contributed by atoms with Crippen molar-refractivity contribution < 1.29 is 10.0 Å². The largest absolute Gasteiger partial charge is 0.506 e. The van der Waals surface area contributed by atoms with E-state index in [0.29, 0.717) is 15.7 Å². The molecular weight excluding hydrogens is 360 g/mol. The molecule has 5 nitrogen and oxygen atoms in total. The lowest BCUT2D eigenvalue weighted by molar-refractivity contribution is -0.384. The van der Waals surface area contributed by atoms with E-state index in [1.54, 1.807) is 12.1 Å². The summed E-state index contributed by atoms with van der Waals surface area (Å²) in [5.74, 6) is 0.0717. The number of aromatic hydroxyl groups is 1. The van der Waals surface area contributed by atoms with Gasteiger partial charge < -0.3 is 5.11 Å². The van der Waals surface area contributed by atoms with Crippen LogP contribution in [0.3, 0.4) is 0 Å². The van der Waals surface area contributed by atoms with Crippen LogP contribution in [0.1, 0.15) is 11.1 Å². The highest BCUT2D eigenvalue weighted by atomic mass is 79.9. The summed E-state index contributed by atoms with van der Waals surface area (Å²) in [5, 5.41) is 20.7. The van der Waals surface area contributed by atoms with Gasteiger partial charge in [-0.3, -0.25) is 15.1 Å². The van der Waals surface area contributed by atoms with E-state index in [1.165, 1.54) is 24.4 Å². The molecular formula is C14H10BrClN2O3. The number of nitro benzene ring substituents is 1. The molecule has 2 aromatic rings. The zero-order valence-electron chi connectivity index (χ0n) is 10.9. The molecule has 7 heteroatoms. The van der Waals surface area contributed by atoms with E-state index < -0.39 is 4.92 Å². The van der Waals surface area contributed by atoms with E-state index in [9.17, 15) is 15.2 Å². The second-order valence-electron chi connectivity index (χ2n) is 4.34. The molecule has 0 aromatic heterocycles. The predicted octanol–water partition coefficient (Wildman–Crippen LogP) is 4.78. The van der Waals surface area contributed by atoms with Crippen LogP contribution in [0.25, 0.3) is 0 Å². The lowest BCUT2D eigenvalue weighted by atomic mass is 10.1. The highest BCUT2D eigenvalue weighted by molar-refractivity contribution is 9.10. The van der Waals surface area contributed by atoms with Crippen molar-refractivity contribution >= 4 is 45.1 Å². The summed E-state index contributed by atoms with van der Waals surface area (Å²) in [6, 6.07) is 7.57. The van der Waals surface area contributed by atoms with Crippen LogP contribution in [0.15, 0.2) is 39.8 Å². The number of aryl methyl sites for hydroxylation is 1. The van der Waals surface area contributed by atoms with E-state index >= 15 is 0 Å². The van der Waals surface area contributed by atoms with E-state index in [1.807, 2.05) is 6.92 Å². The number of phenols is 1. The molecule has 0 saturated heterocycles. The molecule has 1 N–H and O–H groups in total. The Labute approximate surface area is 134 Å². The summed E-state index contributed by atoms with van der Waals surface area (Å²) in [6.45, 7) is 1.89. The van der Waals surface area contributed by atoms with Crippen molar-refractivity contribution in [2.75, 3.05) is 0 Å². The molecule has 0 aliphatic carbocycles. The van der Waals surface area contributed by atoms with E-state index in [4.69, 9.17) is 11.6 Å². The van der Waals surface area contributed by atoms with Gasteiger partial charge in [0.25, 0.3) is 5.69 Å². The molecule has 0 unspecified atom stereocenters. The van der Waals surface area contributed by atoms with Crippen LogP contribution in [0.4, 0.5) is 11.4 Å². The zero-order valence-corrected chi connectivity index (χ0v) is 13.2. The molecule has 0 atom stereocenters. The molecule has 108 valence electrons. The molecule has 0 aliphatic heterocycles. The Morgan fingerprint density at radius 3 is 2.71 bits per heavy atom. The number of halogens is 2. The van der Waals surface area contributed by atoms with Crippen molar-refractivity contribution in [1.29, 1.82) is 0 Å². The Bertz CT molecular complexity index is 747. The quantitative estimate of drug-likeness (QED) is 0.481. The van der Waals surface area contributed by atoms with Crippen molar-refractivity contribution in [3.8, 4) is 5.75 Å². The van der Waals surface area contributed by atoms with Crippen LogP contribution in [-0.2, 0) is 0 Å². The molecule has 21 heavy (non-hydrogen) atoms. The minimum absolute atomic E-state index is 0.0717. The second kappa shape index (κ2) is 6.24. The minimum atomic E-state index is -0.525. The molecule has 0 heterocycles. The highest BCUT2D eigenvalue weighted by Gasteiger charge is 2.09. The van der Waals surface area contributed by atoms with Crippen molar-refractivity contribution in [2.45, 2.75) is 6.92 Å². The third-order valence-electron chi connectivity index (χ3n) is 2.72. The maximum absolute atomic E-state index is 10.6. The third kappa shape index (κ3) is 3.59. The van der Waals surface area contributed by atoms with Gasteiger partial charge in [-0.15, -0.1) is 0 Å². The zero-order chi connectivity index (χ0) is 15.6. The SMILES string of the molecule is Cc1cc(Br)c(O)c(/C=N/c2ccc([N+](=O)[O-])cc2Cl)c1. The van der Waals surface area contributed by atoms with E-state index in [0.717, 1.165) is 5.56 Å². The van der Waals surface area contributed by atoms with Gasteiger partial charge >= 0.3 is 0 Å². The lowest BCUT2D eigenvalue weighted by Gasteiger charge is -2.04. The summed E-state index contributed by atoms with van der Waals surface area (Å²) in [6.07, 6.45) is 1.46. The monoisotopic (exact) mass is 368 g/mol. The topological polar surface area (TPSA) is 75.7 Å². The van der Waals surface area contributed by atoms with Crippen LogP contribution in [0.5, 0.6) is 5.75 Å². The van der Waals surface area contributed by atoms with Crippen LogP contribution < -0.4 is 0 Å². The fourth-order valence-corrected chi connectivity index (χ4v) is 2.53. The molecule has 0 fully saturated rings. The highest BCUT2D eigenvalue weighted by Crippen LogP contribution is 2.31. The molecule has 0 amide bonds. The Morgan fingerprint density at radius 2 is 2.10 bits per heavy atom. The number of hydrogen-bond acceptors (Lipinski definition) is 4. The molecule has 0 spiro atoms. The first-order chi connectivity index (χ1) is 9.88. The van der Waals surface area contributed by atoms with Crippen molar-refractivity contribution in [2.24, 2.45) is 4.99 Å². The summed E-state index contributed by atoms with van der Waals surface area (Å²) < 4.78 is 0.568. The number of non-ortho nitro benzene ring substituents is 1. The first kappa shape index (κ1) is 15.5. The minimum Gasteiger partial charge on any atom is -0.506 e. The van der Waals surface area contributed by atoms with Crippen LogP contribution in [-0.4, -0.2) is 16.2 Å². The smallest absolute Gasteiger partial charge is 0.271 e. The number of rotatable bonds is 3. The standard InChI is InChI=1S/C14H10BrClN2O3/c1-8-4-9(14(19)11(15)5-8)7-17-13-3-2-10(18(20)21)6-12(13)16/h2-7,19H,1H3/b17-7+. The lowest BCUT2D eigenvalue weighted by Crippen LogP contribution is -1.88. The average molecular weight is 370 g/mol. The van der Waals surface area contributed by atoms with Crippen LogP contribution >= 0.6 is 27.5 Å². The summed E-state index contributed by atoms with van der Waals surface area (Å²) >= 11 is 9.20. The van der Waals surface area contributed by atoms with Crippen LogP contribution in [0.2, 0.25) is 5.02 Å². The maximum atomic E-state index is 10.6. The first-order valence-corrected chi connectivity index (χ1v) is 7.02. The number of hydrogen-bond donors (Lipinski definition) is 1. The van der Waals surface area contributed by atoms with Gasteiger partial charge in [-0.2, -0.15) is 0 Å². The third-order valence-corrected chi connectivity index (χ3v) is 3.63. The summed E-state index contributed by atoms with van der Waals surface area (Å²) in [4.78, 5) is 14.3. The molecule has 0 saturated carbocycles. The summed E-state index contributed by atoms with van der Waals surface area (Å²) in [5.41, 5.74) is 1.77.